The van der Waals surface area contributed by atoms with Crippen LogP contribution in [-0.4, -0.2) is 11.0 Å². The van der Waals surface area contributed by atoms with Gasteiger partial charge in [-0.15, -0.1) is 0 Å². The molecule has 0 spiro atoms. The van der Waals surface area contributed by atoms with Crippen molar-refractivity contribution >= 4 is 0 Å². The zero-order chi connectivity index (χ0) is 4.50. The van der Waals surface area contributed by atoms with E-state index in [0.29, 0.717) is 0 Å². The van der Waals surface area contributed by atoms with Gasteiger partial charge in [0.2, 0.25) is 0 Å². The molecule has 0 saturated carbocycles. The second-order valence-corrected chi connectivity index (χ2v) is 3.34. The number of rotatable bonds is 0. The Labute approximate surface area is 42.7 Å². The van der Waals surface area contributed by atoms with Crippen LogP contribution in [0.25, 0.3) is 0 Å². The van der Waals surface area contributed by atoms with Crippen LogP contribution in [0.1, 0.15) is 0 Å². The third kappa shape index (κ3) is 6340. The molecule has 0 aliphatic rings. The fraction of sp³-hybridized carbons (Fsp3) is 0. The van der Waals surface area contributed by atoms with Crippen LogP contribution in [0.4, 0.5) is 0 Å². The van der Waals surface area contributed by atoms with E-state index in [1.807, 2.05) is 0 Å². The van der Waals surface area contributed by atoms with Crippen molar-refractivity contribution in [2.45, 2.75) is 0 Å². The van der Waals surface area contributed by atoms with Crippen molar-refractivity contribution in [1.29, 1.82) is 0 Å². The van der Waals surface area contributed by atoms with Crippen LogP contribution in [0.3, 0.4) is 0 Å². The fourth-order valence-corrected chi connectivity index (χ4v) is 0. The van der Waals surface area contributed by atoms with Crippen molar-refractivity contribution in [3.63, 3.8) is 0 Å². The summed E-state index contributed by atoms with van der Waals surface area (Å²) in [6.07, 6.45) is 0. The van der Waals surface area contributed by atoms with Crippen LogP contribution >= 0.6 is 0 Å². The topological polar surface area (TPSA) is 143 Å². The molecule has 48 valence electrons. The molecular weight excluding hydrogens is 280 g/mol. The Morgan fingerprint density at radius 3 is 1.00 bits per heavy atom. The van der Waals surface area contributed by atoms with E-state index in [0.717, 1.165) is 0 Å². The van der Waals surface area contributed by atoms with Crippen LogP contribution in [0.15, 0.2) is 0 Å². The molecular formula is H4O6W-2. The van der Waals surface area contributed by atoms with Crippen LogP contribution in [-0.2, 0) is 23.5 Å². The second kappa shape index (κ2) is 4.29. The van der Waals surface area contributed by atoms with Gasteiger partial charge in [-0.05, 0) is 0 Å². The Balaban J connectivity index is -0.0000000800. The molecule has 0 aromatic carbocycles. The van der Waals surface area contributed by atoms with Gasteiger partial charge in [-0.3, -0.25) is 0 Å². The van der Waals surface area contributed by atoms with Crippen molar-refractivity contribution in [2.75, 3.05) is 0 Å². The van der Waals surface area contributed by atoms with Crippen LogP contribution in [0.2, 0.25) is 0 Å². The molecule has 7 heavy (non-hydrogen) atoms. The maximum atomic E-state index is 8.65. The minimum atomic E-state index is -6.17. The molecule has 4 N–H and O–H groups in total. The molecule has 0 unspecified atom stereocenters. The summed E-state index contributed by atoms with van der Waals surface area (Å²) in [5.41, 5.74) is 0. The molecule has 0 aromatic heterocycles. The van der Waals surface area contributed by atoms with E-state index in [9.17, 15) is 0 Å². The Morgan fingerprint density at radius 2 is 1.00 bits per heavy atom. The monoisotopic (exact) mass is 284 g/mol. The van der Waals surface area contributed by atoms with Crippen molar-refractivity contribution < 1.29 is 42.0 Å². The van der Waals surface area contributed by atoms with Crippen molar-refractivity contribution in [3.8, 4) is 0 Å². The minimum absolute atomic E-state index is 0. The van der Waals surface area contributed by atoms with E-state index >= 15 is 0 Å². The molecule has 0 amide bonds. The Kier molecular flexibility index (Phi) is 9.63. The van der Waals surface area contributed by atoms with Gasteiger partial charge in [-0.1, -0.05) is 0 Å². The van der Waals surface area contributed by atoms with Crippen molar-refractivity contribution in [3.05, 3.63) is 0 Å². The van der Waals surface area contributed by atoms with Crippen LogP contribution in [0.5, 0.6) is 0 Å². The van der Waals surface area contributed by atoms with Gasteiger partial charge in [0.1, 0.15) is 0 Å². The molecule has 0 aliphatic carbocycles. The number of hydrogen-bond donors (Lipinski definition) is 0. The summed E-state index contributed by atoms with van der Waals surface area (Å²) in [4.78, 5) is 0. The Bertz CT molecular complexity index is 87.3. The Hall–Kier alpha value is 0.128. The molecule has 6 nitrogen and oxygen atoms in total. The summed E-state index contributed by atoms with van der Waals surface area (Å²) in [6.45, 7) is 0. The second-order valence-electron chi connectivity index (χ2n) is 0.408. The van der Waals surface area contributed by atoms with E-state index in [-0.39, 0.29) is 11.0 Å². The van der Waals surface area contributed by atoms with Gasteiger partial charge in [0, 0.05) is 0 Å². The van der Waals surface area contributed by atoms with E-state index in [1.165, 1.54) is 0 Å². The van der Waals surface area contributed by atoms with E-state index in [1.54, 1.807) is 0 Å². The predicted octanol–water partition coefficient (Wildman–Crippen LogP) is -4.27. The van der Waals surface area contributed by atoms with Gasteiger partial charge < -0.3 is 11.0 Å². The van der Waals surface area contributed by atoms with E-state index in [2.05, 4.69) is 0 Å². The summed E-state index contributed by atoms with van der Waals surface area (Å²) in [6, 6.07) is 0. The van der Waals surface area contributed by atoms with Gasteiger partial charge >= 0.3 is 31.1 Å². The first kappa shape index (κ1) is 15.7. The third-order valence-corrected chi connectivity index (χ3v) is 0. The molecule has 0 atom stereocenters. The number of hydrogen-bond acceptors (Lipinski definition) is 4. The first-order chi connectivity index (χ1) is 2.00. The summed E-state index contributed by atoms with van der Waals surface area (Å²) in [5.74, 6) is 0. The van der Waals surface area contributed by atoms with Gasteiger partial charge in [-0.2, -0.15) is 0 Å². The van der Waals surface area contributed by atoms with Gasteiger partial charge in [-0.25, -0.2) is 0 Å². The third-order valence-electron chi connectivity index (χ3n) is 0. The average Bonchev–Trinajstić information content (AvgIpc) is 0.722. The Morgan fingerprint density at radius 1 is 1.00 bits per heavy atom. The molecule has 0 fully saturated rings. The van der Waals surface area contributed by atoms with Gasteiger partial charge in [0.15, 0.2) is 0 Å². The first-order valence-electron chi connectivity index (χ1n) is 0.667. The molecule has 0 radical (unpaired) electrons. The average molecular weight is 284 g/mol. The standard InChI is InChI=1S/2H2O.4O.W/h2*1H2;;;;;/q;;;;2*-1;. The van der Waals surface area contributed by atoms with E-state index in [4.69, 9.17) is 14.3 Å². The summed E-state index contributed by atoms with van der Waals surface area (Å²) in [7, 11) is 0. The molecule has 0 rings (SSSR count). The van der Waals surface area contributed by atoms with E-state index < -0.39 is 16.7 Å². The predicted molar refractivity (Wildman–Crippen MR) is 8.60 cm³/mol. The molecule has 0 heterocycles. The summed E-state index contributed by atoms with van der Waals surface area (Å²) >= 11 is -6.17. The van der Waals surface area contributed by atoms with Gasteiger partial charge in [0.25, 0.3) is 0 Å². The van der Waals surface area contributed by atoms with Crippen molar-refractivity contribution in [2.24, 2.45) is 0 Å². The first-order valence-corrected chi connectivity index (χ1v) is 5.46. The zero-order valence-electron chi connectivity index (χ0n) is 3.04. The van der Waals surface area contributed by atoms with Crippen molar-refractivity contribution in [1.82, 2.24) is 0 Å². The molecule has 0 aromatic rings. The summed E-state index contributed by atoms with van der Waals surface area (Å²) < 4.78 is 34.6. The zero-order valence-corrected chi connectivity index (χ0v) is 5.97. The molecule has 0 bridgehead atoms. The fourth-order valence-electron chi connectivity index (χ4n) is 0. The quantitative estimate of drug-likeness (QED) is 0.443. The molecule has 0 aliphatic heterocycles. The summed E-state index contributed by atoms with van der Waals surface area (Å²) in [5, 5.41) is 0. The maximum absolute atomic E-state index is 8.65. The SMILES string of the molecule is O.O.[O]=[W](=[O])([O-])[O-]. The molecule has 7 heteroatoms. The molecule has 0 saturated heterocycles. The normalized spacial score (nSPS) is 8.29. The van der Waals surface area contributed by atoms with Crippen LogP contribution in [0, 0.1) is 0 Å². The van der Waals surface area contributed by atoms with Gasteiger partial charge in [0.05, 0.1) is 0 Å². The van der Waals surface area contributed by atoms with Crippen LogP contribution < -0.4 is 7.52 Å².